The lowest BCUT2D eigenvalue weighted by atomic mass is 10.3. The maximum Gasteiger partial charge on any atom is 0.412 e. The molecule has 4 nitrogen and oxygen atoms in total. The summed E-state index contributed by atoms with van der Waals surface area (Å²) in [4.78, 5) is 11.1. The Morgan fingerprint density at radius 3 is 2.87 bits per heavy atom. The Balaban J connectivity index is 2.63. The largest absolute Gasteiger partial charge is 0.412 e. The number of rotatable bonds is 3. The second kappa shape index (κ2) is 5.80. The minimum absolute atomic E-state index is 0.122. The summed E-state index contributed by atoms with van der Waals surface area (Å²) in [6.07, 6.45) is -0.687. The summed E-state index contributed by atoms with van der Waals surface area (Å²) < 4.78 is 4.85. The average molecular weight is 250 g/mol. The lowest BCUT2D eigenvalue weighted by Crippen LogP contribution is -2.29. The van der Waals surface area contributed by atoms with Crippen LogP contribution in [0.4, 0.5) is 4.79 Å². The summed E-state index contributed by atoms with van der Waals surface area (Å²) in [5.41, 5.74) is 0. The van der Waals surface area contributed by atoms with Gasteiger partial charge in [0.05, 0.1) is 11.6 Å². The number of aliphatic hydroxyl groups excluding tert-OH is 1. The molecule has 0 heterocycles. The summed E-state index contributed by atoms with van der Waals surface area (Å²) in [5, 5.41) is 11.5. The first-order valence-corrected chi connectivity index (χ1v) is 4.90. The van der Waals surface area contributed by atoms with E-state index < -0.39 is 6.09 Å². The molecular weight excluding hydrogens is 241 g/mol. The minimum Gasteiger partial charge on any atom is -0.409 e. The molecule has 6 heteroatoms. The molecule has 15 heavy (non-hydrogen) atoms. The van der Waals surface area contributed by atoms with E-state index in [2.05, 4.69) is 5.32 Å². The van der Waals surface area contributed by atoms with Crippen LogP contribution in [0.25, 0.3) is 0 Å². The Morgan fingerprint density at radius 1 is 1.47 bits per heavy atom. The molecule has 0 aromatic heterocycles. The predicted molar refractivity (Wildman–Crippen MR) is 57.6 cm³/mol. The smallest absolute Gasteiger partial charge is 0.409 e. The Hall–Kier alpha value is -0.970. The quantitative estimate of drug-likeness (QED) is 0.863. The highest BCUT2D eigenvalue weighted by Gasteiger charge is 2.07. The zero-order chi connectivity index (χ0) is 11.3. The number of carbonyl (C=O) groups is 1. The van der Waals surface area contributed by atoms with Crippen molar-refractivity contribution in [3.63, 3.8) is 0 Å². The van der Waals surface area contributed by atoms with Gasteiger partial charge >= 0.3 is 6.09 Å². The molecule has 0 saturated carbocycles. The van der Waals surface area contributed by atoms with Gasteiger partial charge in [-0.15, -0.1) is 0 Å². The Kier molecular flexibility index (Phi) is 4.68. The fraction of sp³-hybridized carbons (Fsp3) is 0.222. The third kappa shape index (κ3) is 3.95. The van der Waals surface area contributed by atoms with E-state index in [1.807, 2.05) is 0 Å². The van der Waals surface area contributed by atoms with Gasteiger partial charge in [0.15, 0.2) is 5.75 Å². The SMILES string of the molecule is O=C(NCCO)Oc1cc(Cl)ccc1Cl. The molecule has 82 valence electrons. The molecule has 0 saturated heterocycles. The van der Waals surface area contributed by atoms with Crippen molar-refractivity contribution >= 4 is 29.3 Å². The number of hydrogen-bond donors (Lipinski definition) is 2. The zero-order valence-corrected chi connectivity index (χ0v) is 9.18. The van der Waals surface area contributed by atoms with Crippen LogP contribution >= 0.6 is 23.2 Å². The molecule has 1 amide bonds. The van der Waals surface area contributed by atoms with Gasteiger partial charge in [-0.05, 0) is 12.1 Å². The fourth-order valence-electron chi connectivity index (χ4n) is 0.849. The topological polar surface area (TPSA) is 58.6 Å². The van der Waals surface area contributed by atoms with Gasteiger partial charge in [0, 0.05) is 17.6 Å². The van der Waals surface area contributed by atoms with E-state index in [0.29, 0.717) is 10.0 Å². The van der Waals surface area contributed by atoms with Crippen molar-refractivity contribution in [3.05, 3.63) is 28.2 Å². The monoisotopic (exact) mass is 249 g/mol. The van der Waals surface area contributed by atoms with E-state index in [9.17, 15) is 4.79 Å². The number of amides is 1. The molecule has 0 aliphatic rings. The third-order valence-corrected chi connectivity index (χ3v) is 2.02. The lowest BCUT2D eigenvalue weighted by molar-refractivity contribution is 0.195. The number of halogens is 2. The summed E-state index contributed by atoms with van der Waals surface area (Å²) in [6, 6.07) is 4.54. The standard InChI is InChI=1S/C9H9Cl2NO3/c10-6-1-2-7(11)8(5-6)15-9(14)12-3-4-13/h1-2,5,13H,3-4H2,(H,12,14). The van der Waals surface area contributed by atoms with Crippen LogP contribution in [-0.4, -0.2) is 24.4 Å². The second-order valence-corrected chi connectivity index (χ2v) is 3.46. The molecule has 0 bridgehead atoms. The number of carbonyl (C=O) groups excluding carboxylic acids is 1. The molecule has 1 aromatic carbocycles. The molecule has 0 spiro atoms. The number of nitrogens with one attached hydrogen (secondary N) is 1. The highest BCUT2D eigenvalue weighted by Crippen LogP contribution is 2.27. The Morgan fingerprint density at radius 2 is 2.20 bits per heavy atom. The average Bonchev–Trinajstić information content (AvgIpc) is 2.20. The highest BCUT2D eigenvalue weighted by atomic mass is 35.5. The van der Waals surface area contributed by atoms with Crippen LogP contribution < -0.4 is 10.1 Å². The summed E-state index contributed by atoms with van der Waals surface area (Å²) in [7, 11) is 0. The van der Waals surface area contributed by atoms with Crippen LogP contribution in [0.3, 0.4) is 0 Å². The molecular formula is C9H9Cl2NO3. The number of benzene rings is 1. The molecule has 0 atom stereocenters. The first-order valence-electron chi connectivity index (χ1n) is 4.15. The molecule has 2 N–H and O–H groups in total. The second-order valence-electron chi connectivity index (χ2n) is 2.61. The van der Waals surface area contributed by atoms with E-state index in [1.54, 1.807) is 6.07 Å². The summed E-state index contributed by atoms with van der Waals surface area (Å²) >= 11 is 11.5. The van der Waals surface area contributed by atoms with Gasteiger partial charge in [0.2, 0.25) is 0 Å². The maximum atomic E-state index is 11.1. The van der Waals surface area contributed by atoms with Gasteiger partial charge in [-0.3, -0.25) is 0 Å². The number of aliphatic hydroxyl groups is 1. The zero-order valence-electron chi connectivity index (χ0n) is 7.67. The number of ether oxygens (including phenoxy) is 1. The molecule has 0 unspecified atom stereocenters. The summed E-state index contributed by atoms with van der Waals surface area (Å²) in [5.74, 6) is 0.180. The fourth-order valence-corrected chi connectivity index (χ4v) is 1.17. The van der Waals surface area contributed by atoms with E-state index in [1.165, 1.54) is 12.1 Å². The Bertz CT molecular complexity index is 357. The minimum atomic E-state index is -0.687. The van der Waals surface area contributed by atoms with E-state index in [4.69, 9.17) is 33.0 Å². The predicted octanol–water partition coefficient (Wildman–Crippen LogP) is 2.07. The molecule has 1 rings (SSSR count). The van der Waals surface area contributed by atoms with Crippen LogP contribution in [0.5, 0.6) is 5.75 Å². The van der Waals surface area contributed by atoms with Crippen LogP contribution in [0, 0.1) is 0 Å². The lowest BCUT2D eigenvalue weighted by Gasteiger charge is -2.06. The van der Waals surface area contributed by atoms with Crippen LogP contribution in [0.1, 0.15) is 0 Å². The summed E-state index contributed by atoms with van der Waals surface area (Å²) in [6.45, 7) is -0.0323. The molecule has 1 aromatic rings. The normalized spacial score (nSPS) is 9.80. The van der Waals surface area contributed by atoms with E-state index >= 15 is 0 Å². The van der Waals surface area contributed by atoms with E-state index in [-0.39, 0.29) is 18.9 Å². The maximum absolute atomic E-state index is 11.1. The van der Waals surface area contributed by atoms with Gasteiger partial charge in [0.1, 0.15) is 0 Å². The van der Waals surface area contributed by atoms with E-state index in [0.717, 1.165) is 0 Å². The van der Waals surface area contributed by atoms with Crippen molar-refractivity contribution in [3.8, 4) is 5.75 Å². The van der Waals surface area contributed by atoms with Crippen molar-refractivity contribution in [2.24, 2.45) is 0 Å². The highest BCUT2D eigenvalue weighted by molar-refractivity contribution is 6.34. The van der Waals surface area contributed by atoms with Crippen LogP contribution in [-0.2, 0) is 0 Å². The van der Waals surface area contributed by atoms with Crippen molar-refractivity contribution in [2.75, 3.05) is 13.2 Å². The molecule has 0 radical (unpaired) electrons. The van der Waals surface area contributed by atoms with Gasteiger partial charge in [-0.1, -0.05) is 23.2 Å². The Labute approximate surface area is 96.8 Å². The van der Waals surface area contributed by atoms with Crippen molar-refractivity contribution in [1.29, 1.82) is 0 Å². The molecule has 0 aliphatic heterocycles. The first-order chi connectivity index (χ1) is 7.13. The van der Waals surface area contributed by atoms with Gasteiger partial charge in [-0.25, -0.2) is 4.79 Å². The van der Waals surface area contributed by atoms with Crippen molar-refractivity contribution in [2.45, 2.75) is 0 Å². The number of hydrogen-bond acceptors (Lipinski definition) is 3. The van der Waals surface area contributed by atoms with Crippen LogP contribution in [0.2, 0.25) is 10.0 Å². The van der Waals surface area contributed by atoms with Crippen molar-refractivity contribution < 1.29 is 14.6 Å². The van der Waals surface area contributed by atoms with Crippen LogP contribution in [0.15, 0.2) is 18.2 Å². The molecule has 0 aliphatic carbocycles. The third-order valence-electron chi connectivity index (χ3n) is 1.48. The van der Waals surface area contributed by atoms with Gasteiger partial charge < -0.3 is 15.2 Å². The van der Waals surface area contributed by atoms with Gasteiger partial charge in [-0.2, -0.15) is 0 Å². The van der Waals surface area contributed by atoms with Crippen molar-refractivity contribution in [1.82, 2.24) is 5.32 Å². The molecule has 0 fully saturated rings. The van der Waals surface area contributed by atoms with Gasteiger partial charge in [0.25, 0.3) is 0 Å². The first kappa shape index (κ1) is 12.1.